The molecule has 0 aromatic heterocycles. The zero-order valence-corrected chi connectivity index (χ0v) is 19.1. The Hall–Kier alpha value is -2.44. The van der Waals surface area contributed by atoms with Gasteiger partial charge in [0.25, 0.3) is 0 Å². The summed E-state index contributed by atoms with van der Waals surface area (Å²) >= 11 is 7.12. The lowest BCUT2D eigenvalue weighted by atomic mass is 10.1. The number of nitrogens with zero attached hydrogens (tertiary/aromatic N) is 1. The lowest BCUT2D eigenvalue weighted by Gasteiger charge is -2.11. The minimum absolute atomic E-state index is 0.253. The topological polar surface area (TPSA) is 58.9 Å². The van der Waals surface area contributed by atoms with Crippen molar-refractivity contribution in [2.24, 2.45) is 4.99 Å². The zero-order valence-electron chi connectivity index (χ0n) is 15.9. The standard InChI is InChI=1S/C23H19Br2NO3/c1-14-3-8-21(15(2)9-14)26-12-17-10-19(24)22(20(25)11-17)29-13-16-4-6-18(7-5-16)23(27)28/h3-12H,13H2,1-2H3,(H,27,28). The molecule has 0 spiro atoms. The first-order valence-corrected chi connectivity index (χ1v) is 10.5. The summed E-state index contributed by atoms with van der Waals surface area (Å²) in [5.74, 6) is -0.267. The minimum atomic E-state index is -0.943. The van der Waals surface area contributed by atoms with Gasteiger partial charge in [-0.05, 0) is 92.7 Å². The third kappa shape index (κ3) is 5.55. The molecule has 3 rings (SSSR count). The van der Waals surface area contributed by atoms with Gasteiger partial charge in [-0.2, -0.15) is 0 Å². The van der Waals surface area contributed by atoms with Gasteiger partial charge in [0.15, 0.2) is 0 Å². The van der Waals surface area contributed by atoms with Crippen LogP contribution in [0.4, 0.5) is 5.69 Å². The van der Waals surface area contributed by atoms with Gasteiger partial charge >= 0.3 is 5.97 Å². The second kappa shape index (κ2) is 9.37. The van der Waals surface area contributed by atoms with Crippen molar-refractivity contribution in [1.82, 2.24) is 0 Å². The first kappa shape index (κ1) is 21.3. The van der Waals surface area contributed by atoms with Crippen LogP contribution >= 0.6 is 31.9 Å². The normalized spacial score (nSPS) is 11.0. The highest BCUT2D eigenvalue weighted by atomic mass is 79.9. The molecular weight excluding hydrogens is 498 g/mol. The second-order valence-corrected chi connectivity index (χ2v) is 8.36. The first-order valence-electron chi connectivity index (χ1n) is 8.89. The fourth-order valence-corrected chi connectivity index (χ4v) is 4.24. The van der Waals surface area contributed by atoms with Crippen molar-refractivity contribution in [1.29, 1.82) is 0 Å². The molecule has 0 amide bonds. The van der Waals surface area contributed by atoms with E-state index in [1.165, 1.54) is 5.56 Å². The van der Waals surface area contributed by atoms with Crippen LogP contribution in [0.15, 0.2) is 68.5 Å². The molecular formula is C23H19Br2NO3. The van der Waals surface area contributed by atoms with Gasteiger partial charge in [0, 0.05) is 6.21 Å². The minimum Gasteiger partial charge on any atom is -0.487 e. The smallest absolute Gasteiger partial charge is 0.335 e. The van der Waals surface area contributed by atoms with E-state index in [2.05, 4.69) is 49.8 Å². The number of hydrogen-bond donors (Lipinski definition) is 1. The number of aliphatic imine (C=N–C) groups is 1. The molecule has 0 fully saturated rings. The predicted octanol–water partition coefficient (Wildman–Crippen LogP) is 6.86. The number of ether oxygens (including phenoxy) is 1. The van der Waals surface area contributed by atoms with Gasteiger partial charge in [-0.15, -0.1) is 0 Å². The van der Waals surface area contributed by atoms with Crippen LogP contribution in [0, 0.1) is 13.8 Å². The highest BCUT2D eigenvalue weighted by Crippen LogP contribution is 2.35. The van der Waals surface area contributed by atoms with Crippen LogP contribution in [0.2, 0.25) is 0 Å². The Bertz CT molecular complexity index is 1050. The van der Waals surface area contributed by atoms with Crippen molar-refractivity contribution in [2.45, 2.75) is 20.5 Å². The van der Waals surface area contributed by atoms with Gasteiger partial charge in [-0.1, -0.05) is 29.8 Å². The zero-order chi connectivity index (χ0) is 21.0. The summed E-state index contributed by atoms with van der Waals surface area (Å²) in [5.41, 5.74) is 5.35. The maximum Gasteiger partial charge on any atom is 0.335 e. The van der Waals surface area contributed by atoms with Crippen molar-refractivity contribution < 1.29 is 14.6 Å². The molecule has 0 aliphatic heterocycles. The molecule has 6 heteroatoms. The highest BCUT2D eigenvalue weighted by Gasteiger charge is 2.10. The van der Waals surface area contributed by atoms with E-state index in [-0.39, 0.29) is 5.56 Å². The number of carboxylic acid groups (broad SMARTS) is 1. The summed E-state index contributed by atoms with van der Waals surface area (Å²) < 4.78 is 7.52. The quantitative estimate of drug-likeness (QED) is 0.364. The Balaban J connectivity index is 1.73. The van der Waals surface area contributed by atoms with Crippen LogP contribution in [0.5, 0.6) is 5.75 Å². The van der Waals surface area contributed by atoms with Crippen LogP contribution in [0.25, 0.3) is 0 Å². The number of carboxylic acids is 1. The largest absolute Gasteiger partial charge is 0.487 e. The number of aryl methyl sites for hydroxylation is 2. The Morgan fingerprint density at radius 2 is 1.69 bits per heavy atom. The SMILES string of the molecule is Cc1ccc(N=Cc2cc(Br)c(OCc3ccc(C(=O)O)cc3)c(Br)c2)c(C)c1. The maximum absolute atomic E-state index is 10.9. The molecule has 0 saturated heterocycles. The predicted molar refractivity (Wildman–Crippen MR) is 123 cm³/mol. The third-order valence-corrected chi connectivity index (χ3v) is 5.49. The Morgan fingerprint density at radius 1 is 1.03 bits per heavy atom. The number of hydrogen-bond acceptors (Lipinski definition) is 3. The molecule has 0 atom stereocenters. The van der Waals surface area contributed by atoms with E-state index in [0.29, 0.717) is 12.4 Å². The van der Waals surface area contributed by atoms with Gasteiger partial charge < -0.3 is 9.84 Å². The van der Waals surface area contributed by atoms with Gasteiger partial charge in [0.2, 0.25) is 0 Å². The van der Waals surface area contributed by atoms with E-state index in [0.717, 1.165) is 31.3 Å². The van der Waals surface area contributed by atoms with E-state index < -0.39 is 5.97 Å². The highest BCUT2D eigenvalue weighted by molar-refractivity contribution is 9.11. The Labute approximate surface area is 186 Å². The lowest BCUT2D eigenvalue weighted by molar-refractivity contribution is 0.0697. The number of benzene rings is 3. The summed E-state index contributed by atoms with van der Waals surface area (Å²) in [7, 11) is 0. The average molecular weight is 517 g/mol. The average Bonchev–Trinajstić information content (AvgIpc) is 2.67. The molecule has 0 unspecified atom stereocenters. The van der Waals surface area contributed by atoms with Gasteiger partial charge in [0.05, 0.1) is 20.2 Å². The summed E-state index contributed by atoms with van der Waals surface area (Å²) in [5, 5.41) is 8.97. The molecule has 29 heavy (non-hydrogen) atoms. The fourth-order valence-electron chi connectivity index (χ4n) is 2.79. The van der Waals surface area contributed by atoms with Crippen LogP contribution in [-0.2, 0) is 6.61 Å². The van der Waals surface area contributed by atoms with E-state index in [4.69, 9.17) is 9.84 Å². The van der Waals surface area contributed by atoms with Crippen LogP contribution in [0.1, 0.15) is 32.6 Å². The van der Waals surface area contributed by atoms with E-state index >= 15 is 0 Å². The molecule has 3 aromatic carbocycles. The maximum atomic E-state index is 10.9. The summed E-state index contributed by atoms with van der Waals surface area (Å²) in [4.78, 5) is 15.5. The van der Waals surface area contributed by atoms with Crippen molar-refractivity contribution >= 4 is 49.7 Å². The van der Waals surface area contributed by atoms with Crippen molar-refractivity contribution in [2.75, 3.05) is 0 Å². The summed E-state index contributed by atoms with van der Waals surface area (Å²) in [6.45, 7) is 4.44. The van der Waals surface area contributed by atoms with Gasteiger partial charge in [0.1, 0.15) is 12.4 Å². The van der Waals surface area contributed by atoms with Crippen LogP contribution in [0.3, 0.4) is 0 Å². The van der Waals surface area contributed by atoms with Crippen LogP contribution in [-0.4, -0.2) is 17.3 Å². The molecule has 0 heterocycles. The molecule has 4 nitrogen and oxygen atoms in total. The van der Waals surface area contributed by atoms with Crippen molar-refractivity contribution in [3.8, 4) is 5.75 Å². The van der Waals surface area contributed by atoms with Crippen molar-refractivity contribution in [3.63, 3.8) is 0 Å². The second-order valence-electron chi connectivity index (χ2n) is 6.65. The molecule has 3 aromatic rings. The lowest BCUT2D eigenvalue weighted by Crippen LogP contribution is -2.00. The van der Waals surface area contributed by atoms with Gasteiger partial charge in [-0.3, -0.25) is 4.99 Å². The van der Waals surface area contributed by atoms with Crippen molar-refractivity contribution in [3.05, 3.63) is 91.4 Å². The summed E-state index contributed by atoms with van der Waals surface area (Å²) in [6, 6.07) is 16.7. The molecule has 0 radical (unpaired) electrons. The molecule has 148 valence electrons. The Morgan fingerprint density at radius 3 is 2.28 bits per heavy atom. The third-order valence-electron chi connectivity index (χ3n) is 4.31. The molecule has 0 bridgehead atoms. The number of aromatic carboxylic acids is 1. The number of carbonyl (C=O) groups is 1. The molecule has 0 aliphatic rings. The van der Waals surface area contributed by atoms with E-state index in [9.17, 15) is 4.79 Å². The monoisotopic (exact) mass is 515 g/mol. The summed E-state index contributed by atoms with van der Waals surface area (Å²) in [6.07, 6.45) is 1.82. The molecule has 0 saturated carbocycles. The Kier molecular flexibility index (Phi) is 6.87. The number of halogens is 2. The van der Waals surface area contributed by atoms with E-state index in [1.807, 2.05) is 37.4 Å². The number of rotatable bonds is 6. The molecule has 0 aliphatic carbocycles. The first-order chi connectivity index (χ1) is 13.8. The van der Waals surface area contributed by atoms with Crippen LogP contribution < -0.4 is 4.74 Å². The van der Waals surface area contributed by atoms with E-state index in [1.54, 1.807) is 24.3 Å². The molecule has 1 N–H and O–H groups in total. The van der Waals surface area contributed by atoms with Gasteiger partial charge in [-0.25, -0.2) is 4.79 Å². The fraction of sp³-hybridized carbons (Fsp3) is 0.130.